The maximum atomic E-state index is 12.5. The largest absolute Gasteiger partial charge is 0.496 e. The first-order valence-electron chi connectivity index (χ1n) is 27.4. The van der Waals surface area contributed by atoms with E-state index in [0.717, 1.165) is 136 Å². The number of urea groups is 1. The molecular weight excluding hydrogens is 935 g/mol. The highest BCUT2D eigenvalue weighted by atomic mass is 32.2. The molecule has 2 saturated heterocycles. The lowest BCUT2D eigenvalue weighted by molar-refractivity contribution is -0.122. The van der Waals surface area contributed by atoms with Gasteiger partial charge in [0.25, 0.3) is 0 Å². The minimum absolute atomic E-state index is 0.0588. The van der Waals surface area contributed by atoms with E-state index in [1.54, 1.807) is 14.2 Å². The van der Waals surface area contributed by atoms with Gasteiger partial charge in [0.15, 0.2) is 0 Å². The van der Waals surface area contributed by atoms with Gasteiger partial charge in [0.05, 0.1) is 26.3 Å². The van der Waals surface area contributed by atoms with Crippen LogP contribution in [-0.2, 0) is 14.4 Å². The van der Waals surface area contributed by atoms with E-state index in [-0.39, 0.29) is 35.8 Å². The summed E-state index contributed by atoms with van der Waals surface area (Å²) in [6.45, 7) is 12.4. The van der Waals surface area contributed by atoms with Crippen LogP contribution in [0, 0.1) is 0 Å². The van der Waals surface area contributed by atoms with Gasteiger partial charge in [-0.15, -0.1) is 0 Å². The molecule has 73 heavy (non-hydrogen) atoms. The van der Waals surface area contributed by atoms with Crippen molar-refractivity contribution in [3.05, 3.63) is 82.9 Å². The number of thioether (sulfide) groups is 1. The fourth-order valence-electron chi connectivity index (χ4n) is 9.37. The minimum atomic E-state index is -0.0605. The molecule has 0 aromatic heterocycles. The Bertz CT molecular complexity index is 2180. The van der Waals surface area contributed by atoms with Crippen molar-refractivity contribution in [3.8, 4) is 11.5 Å². The number of nitrogens with one attached hydrogen (secondary N) is 5. The lowest BCUT2D eigenvalue weighted by Crippen LogP contribution is -2.36. The highest BCUT2D eigenvalue weighted by Gasteiger charge is 2.42. The Morgan fingerprint density at radius 2 is 1.05 bits per heavy atom. The fourth-order valence-corrected chi connectivity index (χ4v) is 10.9. The second kappa shape index (κ2) is 33.2. The number of methoxy groups -OCH3 is 2. The third-order valence-corrected chi connectivity index (χ3v) is 15.3. The molecule has 2 unspecified atom stereocenters. The highest BCUT2D eigenvalue weighted by Crippen LogP contribution is 2.34. The predicted octanol–water partition coefficient (Wildman–Crippen LogP) is 10.9. The zero-order valence-electron chi connectivity index (χ0n) is 44.7. The molecular formula is C59H87N7O6S. The molecule has 0 radical (unpaired) electrons. The first kappa shape index (κ1) is 58.3. The number of fused-ring (bicyclic) bond motifs is 1. The fraction of sp³-hybridized carbons (Fsp3) is 0.559. The van der Waals surface area contributed by atoms with Crippen LogP contribution in [-0.4, -0.2) is 107 Å². The van der Waals surface area contributed by atoms with Crippen LogP contribution in [0.15, 0.2) is 60.7 Å². The van der Waals surface area contributed by atoms with E-state index in [1.165, 1.54) is 31.4 Å². The van der Waals surface area contributed by atoms with E-state index >= 15 is 0 Å². The van der Waals surface area contributed by atoms with E-state index in [2.05, 4.69) is 130 Å². The summed E-state index contributed by atoms with van der Waals surface area (Å²) in [6, 6.07) is 21.8. The molecule has 0 spiro atoms. The second-order valence-electron chi connectivity index (χ2n) is 19.4. The van der Waals surface area contributed by atoms with Crippen LogP contribution in [0.5, 0.6) is 11.5 Å². The standard InChI is InChI=1S/C59H87N7O6S/c1-6-9-39-66(40-10-7-2)50-34-28-46(29-35-50)25-31-48-43-52(71-4)47(42-53(48)72-5)30-24-45-26-32-49(33-27-45)65(8-3)41-19-38-62-56(68)22-14-12-17-36-60-55(67)21-13-11-18-37-61-57(69)23-16-15-20-54-58-51(44-73-54)63-59(70)64-58/h24-35,42-43,51,54,58H,6-23,36-41,44H2,1-5H3,(H,60,67)(H,61,69)(H,62,68)(H2,63,64,70)/b30-24+,31-25+/t51?,54-,58?/m0/s1. The van der Waals surface area contributed by atoms with Gasteiger partial charge in [-0.3, -0.25) is 14.4 Å². The molecule has 3 aromatic rings. The smallest absolute Gasteiger partial charge is 0.315 e. The molecule has 400 valence electrons. The third-order valence-electron chi connectivity index (χ3n) is 13.8. The molecule has 5 rings (SSSR count). The maximum absolute atomic E-state index is 12.5. The first-order chi connectivity index (χ1) is 35.6. The molecule has 2 aliphatic rings. The number of unbranched alkanes of at least 4 members (excludes halogenated alkanes) is 7. The van der Waals surface area contributed by atoms with E-state index in [0.29, 0.717) is 44.1 Å². The number of ether oxygens (including phenoxy) is 2. The lowest BCUT2D eigenvalue weighted by Gasteiger charge is -2.24. The maximum Gasteiger partial charge on any atom is 0.315 e. The van der Waals surface area contributed by atoms with Gasteiger partial charge in [-0.05, 0) is 112 Å². The van der Waals surface area contributed by atoms with Crippen molar-refractivity contribution >= 4 is 71.2 Å². The third kappa shape index (κ3) is 20.7. The Labute approximate surface area is 441 Å². The molecule has 14 heteroatoms. The van der Waals surface area contributed by atoms with Gasteiger partial charge in [0, 0.05) is 98.6 Å². The number of benzene rings is 3. The normalized spacial score (nSPS) is 16.0. The number of rotatable bonds is 36. The van der Waals surface area contributed by atoms with Crippen LogP contribution in [0.25, 0.3) is 24.3 Å². The Hall–Kier alpha value is -5.63. The van der Waals surface area contributed by atoms with Gasteiger partial charge in [0.2, 0.25) is 17.7 Å². The van der Waals surface area contributed by atoms with E-state index in [4.69, 9.17) is 9.47 Å². The molecule has 13 nitrogen and oxygen atoms in total. The van der Waals surface area contributed by atoms with Gasteiger partial charge in [-0.2, -0.15) is 11.8 Å². The van der Waals surface area contributed by atoms with Gasteiger partial charge in [-0.25, -0.2) is 4.79 Å². The van der Waals surface area contributed by atoms with Gasteiger partial charge >= 0.3 is 6.03 Å². The Kier molecular flexibility index (Phi) is 26.5. The van der Waals surface area contributed by atoms with Crippen LogP contribution in [0.3, 0.4) is 0 Å². The molecule has 0 aliphatic carbocycles. The van der Waals surface area contributed by atoms with Crippen molar-refractivity contribution in [3.63, 3.8) is 0 Å². The summed E-state index contributed by atoms with van der Waals surface area (Å²) < 4.78 is 11.7. The SMILES string of the molecule is CCCCN(CCCC)c1ccc(/C=C/c2cc(OC)c(/C=C/c3ccc(N(CC)CCCNC(=O)CCCCCNC(=O)CCCCCNC(=O)CCCC[C@@H]4SCC5NC(=O)NC54)cc3)cc2OC)cc1. The molecule has 0 saturated carbocycles. The van der Waals surface area contributed by atoms with Crippen molar-refractivity contribution in [2.24, 2.45) is 0 Å². The molecule has 0 bridgehead atoms. The Balaban J connectivity index is 0.897. The van der Waals surface area contributed by atoms with Gasteiger partial charge in [0.1, 0.15) is 11.5 Å². The minimum Gasteiger partial charge on any atom is -0.496 e. The van der Waals surface area contributed by atoms with Gasteiger partial charge in [-0.1, -0.05) is 94.5 Å². The zero-order valence-corrected chi connectivity index (χ0v) is 45.6. The number of anilines is 2. The summed E-state index contributed by atoms with van der Waals surface area (Å²) in [5.74, 6) is 2.72. The van der Waals surface area contributed by atoms with Crippen LogP contribution in [0.2, 0.25) is 0 Å². The average molecular weight is 1020 g/mol. The predicted molar refractivity (Wildman–Crippen MR) is 305 cm³/mol. The second-order valence-corrected chi connectivity index (χ2v) is 20.6. The average Bonchev–Trinajstić information content (AvgIpc) is 3.97. The summed E-state index contributed by atoms with van der Waals surface area (Å²) in [6.07, 6.45) is 23.4. The lowest BCUT2D eigenvalue weighted by atomic mass is 10.0. The van der Waals surface area contributed by atoms with E-state index in [9.17, 15) is 19.2 Å². The summed E-state index contributed by atoms with van der Waals surface area (Å²) in [5.41, 5.74) is 6.51. The van der Waals surface area contributed by atoms with Crippen LogP contribution >= 0.6 is 11.8 Å². The molecule has 5 N–H and O–H groups in total. The number of nitrogens with zero attached hydrogens (tertiary/aromatic N) is 2. The van der Waals surface area contributed by atoms with E-state index < -0.39 is 0 Å². The summed E-state index contributed by atoms with van der Waals surface area (Å²) in [7, 11) is 3.40. The van der Waals surface area contributed by atoms with Gasteiger partial charge < -0.3 is 45.9 Å². The number of hydrogen-bond acceptors (Lipinski definition) is 9. The van der Waals surface area contributed by atoms with Crippen LogP contribution < -0.4 is 45.9 Å². The van der Waals surface area contributed by atoms with Crippen LogP contribution in [0.1, 0.15) is 152 Å². The molecule has 5 amide bonds. The summed E-state index contributed by atoms with van der Waals surface area (Å²) in [5, 5.41) is 15.5. The van der Waals surface area contributed by atoms with Crippen LogP contribution in [0.4, 0.5) is 16.2 Å². The number of hydrogen-bond donors (Lipinski definition) is 5. The van der Waals surface area contributed by atoms with Crippen molar-refractivity contribution in [2.75, 3.05) is 75.6 Å². The molecule has 3 aromatic carbocycles. The summed E-state index contributed by atoms with van der Waals surface area (Å²) >= 11 is 1.91. The van der Waals surface area contributed by atoms with Crippen molar-refractivity contribution in [1.29, 1.82) is 0 Å². The monoisotopic (exact) mass is 1020 g/mol. The summed E-state index contributed by atoms with van der Waals surface area (Å²) in [4.78, 5) is 53.4. The number of carbonyl (C=O) groups is 4. The van der Waals surface area contributed by atoms with Crippen molar-refractivity contribution < 1.29 is 28.7 Å². The van der Waals surface area contributed by atoms with E-state index in [1.807, 2.05) is 23.9 Å². The Morgan fingerprint density at radius 3 is 1.53 bits per heavy atom. The molecule has 2 fully saturated rings. The molecule has 3 atom stereocenters. The first-order valence-corrected chi connectivity index (χ1v) is 28.5. The zero-order chi connectivity index (χ0) is 52.0. The topological polar surface area (TPSA) is 153 Å². The molecule has 2 heterocycles. The molecule has 2 aliphatic heterocycles. The Morgan fingerprint density at radius 1 is 0.589 bits per heavy atom. The number of amides is 5. The highest BCUT2D eigenvalue weighted by molar-refractivity contribution is 8.00. The quantitative estimate of drug-likeness (QED) is 0.0218. The number of carbonyl (C=O) groups excluding carboxylic acids is 4. The van der Waals surface area contributed by atoms with Crippen molar-refractivity contribution in [1.82, 2.24) is 26.6 Å². The van der Waals surface area contributed by atoms with Crippen molar-refractivity contribution in [2.45, 2.75) is 147 Å².